The van der Waals surface area contributed by atoms with Crippen molar-refractivity contribution in [3.05, 3.63) is 157 Å². The first-order valence-electron chi connectivity index (χ1n) is 15.9. The zero-order chi connectivity index (χ0) is 29.9. The van der Waals surface area contributed by atoms with E-state index in [0.717, 1.165) is 22.7 Å². The van der Waals surface area contributed by atoms with Crippen molar-refractivity contribution in [3.8, 4) is 0 Å². The lowest BCUT2D eigenvalue weighted by molar-refractivity contribution is 0.731. The van der Waals surface area contributed by atoms with E-state index >= 15 is 0 Å². The van der Waals surface area contributed by atoms with Crippen LogP contribution in [0.15, 0.2) is 151 Å². The van der Waals surface area contributed by atoms with Crippen LogP contribution in [0, 0.1) is 0 Å². The standard InChI is InChI=1S/C42H26N4/c1-2-12-25(13-3-1)40-30-17-6-8-20-32(30)43-42(44-40)46-35-23-11-22-34-38(35)39-36(46)24-26-14-4-5-15-27(26)37(39)31-19-10-18-29-28-16-7-9-21-33(28)45(34)41(29)31/h1-24,40H,(H,43,44). The van der Waals surface area contributed by atoms with Gasteiger partial charge in [0.15, 0.2) is 0 Å². The molecule has 0 amide bonds. The third-order valence-electron chi connectivity index (χ3n) is 10.1. The molecule has 1 atom stereocenters. The molecule has 4 heterocycles. The molecule has 0 fully saturated rings. The van der Waals surface area contributed by atoms with Crippen LogP contribution in [-0.4, -0.2) is 14.9 Å². The van der Waals surface area contributed by atoms with Gasteiger partial charge in [0.25, 0.3) is 0 Å². The van der Waals surface area contributed by atoms with Crippen LogP contribution in [0.5, 0.6) is 0 Å². The first kappa shape index (κ1) is 24.2. The fraction of sp³-hybridized carbons (Fsp3) is 0.0238. The highest BCUT2D eigenvalue weighted by Crippen LogP contribution is 2.46. The predicted molar refractivity (Wildman–Crippen MR) is 192 cm³/mol. The maximum absolute atomic E-state index is 5.33. The molecule has 1 N–H and O–H groups in total. The number of hydrogen-bond acceptors (Lipinski definition) is 2. The van der Waals surface area contributed by atoms with E-state index in [1.54, 1.807) is 0 Å². The number of para-hydroxylation sites is 3. The first-order valence-corrected chi connectivity index (χ1v) is 15.9. The predicted octanol–water partition coefficient (Wildman–Crippen LogP) is 10.3. The SMILES string of the molecule is c1ccc(C2NC(n3c4cc5ccccc5c5c6cccc7c8ccccc8n(c8cccc3c8c54)c76)=Nc3ccccc32)cc1. The number of aliphatic imine (C=N–C) groups is 1. The Morgan fingerprint density at radius 1 is 0.500 bits per heavy atom. The first-order chi connectivity index (χ1) is 22.8. The quantitative estimate of drug-likeness (QED) is 0.204. The number of nitrogens with one attached hydrogen (secondary N) is 1. The molecule has 0 spiro atoms. The van der Waals surface area contributed by atoms with Gasteiger partial charge in [-0.2, -0.15) is 0 Å². The van der Waals surface area contributed by atoms with Crippen LogP contribution >= 0.6 is 0 Å². The second-order valence-corrected chi connectivity index (χ2v) is 12.4. The molecule has 1 aliphatic heterocycles. The third kappa shape index (κ3) is 3.01. The minimum absolute atomic E-state index is 0.0258. The number of aromatic nitrogens is 2. The largest absolute Gasteiger partial charge is 0.344 e. The summed E-state index contributed by atoms with van der Waals surface area (Å²) in [5.41, 5.74) is 9.37. The van der Waals surface area contributed by atoms with Crippen LogP contribution in [-0.2, 0) is 0 Å². The summed E-state index contributed by atoms with van der Waals surface area (Å²) in [6.45, 7) is 0. The molecule has 46 heavy (non-hydrogen) atoms. The molecule has 0 saturated heterocycles. The van der Waals surface area contributed by atoms with Crippen LogP contribution in [0.3, 0.4) is 0 Å². The Kier molecular flexibility index (Phi) is 4.60. The van der Waals surface area contributed by atoms with Gasteiger partial charge >= 0.3 is 0 Å². The van der Waals surface area contributed by atoms with Gasteiger partial charge in [-0.3, -0.25) is 4.57 Å². The summed E-state index contributed by atoms with van der Waals surface area (Å²) < 4.78 is 4.87. The van der Waals surface area contributed by atoms with Gasteiger partial charge in [-0.1, -0.05) is 115 Å². The Bertz CT molecular complexity index is 2890. The molecule has 0 bridgehead atoms. The molecule has 7 aromatic carbocycles. The molecule has 10 aromatic rings. The van der Waals surface area contributed by atoms with Gasteiger partial charge in [0.1, 0.15) is 0 Å². The Morgan fingerprint density at radius 3 is 2.13 bits per heavy atom. The molecular weight excluding hydrogens is 560 g/mol. The van der Waals surface area contributed by atoms with Crippen molar-refractivity contribution < 1.29 is 0 Å². The lowest BCUT2D eigenvalue weighted by atomic mass is 9.96. The molecular formula is C42H26N4. The van der Waals surface area contributed by atoms with Gasteiger partial charge in [0.05, 0.1) is 39.3 Å². The highest BCUT2D eigenvalue weighted by molar-refractivity contribution is 6.37. The fourth-order valence-electron chi connectivity index (χ4n) is 8.24. The monoisotopic (exact) mass is 586 g/mol. The van der Waals surface area contributed by atoms with Crippen LogP contribution in [0.25, 0.3) is 70.7 Å². The number of benzene rings is 7. The highest BCUT2D eigenvalue weighted by Gasteiger charge is 2.28. The normalized spacial score (nSPS) is 15.0. The summed E-state index contributed by atoms with van der Waals surface area (Å²) in [6, 6.07) is 52.8. The fourth-order valence-corrected chi connectivity index (χ4v) is 8.24. The van der Waals surface area contributed by atoms with Crippen LogP contribution in [0.1, 0.15) is 17.2 Å². The van der Waals surface area contributed by atoms with Gasteiger partial charge in [-0.25, -0.2) is 4.99 Å². The zero-order valence-electron chi connectivity index (χ0n) is 24.8. The van der Waals surface area contributed by atoms with E-state index in [4.69, 9.17) is 4.99 Å². The van der Waals surface area contributed by atoms with Crippen LogP contribution in [0.4, 0.5) is 5.69 Å². The van der Waals surface area contributed by atoms with E-state index < -0.39 is 0 Å². The maximum Gasteiger partial charge on any atom is 0.209 e. The second kappa shape index (κ2) is 8.74. The van der Waals surface area contributed by atoms with Crippen LogP contribution in [0.2, 0.25) is 0 Å². The lowest BCUT2D eigenvalue weighted by Crippen LogP contribution is -2.36. The minimum atomic E-state index is -0.0258. The minimum Gasteiger partial charge on any atom is -0.344 e. The van der Waals surface area contributed by atoms with E-state index in [-0.39, 0.29) is 6.04 Å². The van der Waals surface area contributed by atoms with Gasteiger partial charge in [-0.15, -0.1) is 0 Å². The molecule has 0 aliphatic carbocycles. The number of fused-ring (bicyclic) bond motifs is 8. The van der Waals surface area contributed by atoms with Gasteiger partial charge < -0.3 is 9.72 Å². The second-order valence-electron chi connectivity index (χ2n) is 12.4. The average molecular weight is 587 g/mol. The lowest BCUT2D eigenvalue weighted by Gasteiger charge is -2.28. The maximum atomic E-state index is 5.33. The third-order valence-corrected chi connectivity index (χ3v) is 10.1. The summed E-state index contributed by atoms with van der Waals surface area (Å²) in [6.07, 6.45) is 0. The Labute approximate surface area is 263 Å². The van der Waals surface area contributed by atoms with E-state index in [0.29, 0.717) is 0 Å². The number of rotatable bonds is 1. The van der Waals surface area contributed by atoms with Crippen LogP contribution < -0.4 is 5.32 Å². The molecule has 11 rings (SSSR count). The number of nitrogens with zero attached hydrogens (tertiary/aromatic N) is 3. The molecule has 3 aromatic heterocycles. The molecule has 1 unspecified atom stereocenters. The van der Waals surface area contributed by atoms with Crippen molar-refractivity contribution in [1.82, 2.24) is 14.3 Å². The Hall–Kier alpha value is -6.13. The summed E-state index contributed by atoms with van der Waals surface area (Å²) in [4.78, 5) is 5.33. The molecule has 0 saturated carbocycles. The van der Waals surface area contributed by atoms with Crippen molar-refractivity contribution in [2.75, 3.05) is 0 Å². The molecule has 214 valence electrons. The summed E-state index contributed by atoms with van der Waals surface area (Å²) in [7, 11) is 0. The van der Waals surface area contributed by atoms with Crippen molar-refractivity contribution in [2.45, 2.75) is 6.04 Å². The van der Waals surface area contributed by atoms with E-state index in [1.807, 2.05) is 0 Å². The van der Waals surface area contributed by atoms with E-state index in [2.05, 4.69) is 160 Å². The van der Waals surface area contributed by atoms with E-state index in [1.165, 1.54) is 70.8 Å². The Balaban J connectivity index is 1.37. The van der Waals surface area contributed by atoms with Gasteiger partial charge in [-0.05, 0) is 46.7 Å². The summed E-state index contributed by atoms with van der Waals surface area (Å²) in [5, 5.41) is 14.0. The van der Waals surface area contributed by atoms with Gasteiger partial charge in [0, 0.05) is 37.9 Å². The Morgan fingerprint density at radius 2 is 1.20 bits per heavy atom. The number of hydrogen-bond donors (Lipinski definition) is 1. The average Bonchev–Trinajstić information content (AvgIpc) is 3.59. The van der Waals surface area contributed by atoms with Gasteiger partial charge in [0.2, 0.25) is 5.96 Å². The zero-order valence-corrected chi connectivity index (χ0v) is 24.8. The topological polar surface area (TPSA) is 33.7 Å². The van der Waals surface area contributed by atoms with Crippen molar-refractivity contribution in [3.63, 3.8) is 0 Å². The van der Waals surface area contributed by atoms with Crippen molar-refractivity contribution in [1.29, 1.82) is 0 Å². The van der Waals surface area contributed by atoms with Crippen molar-refractivity contribution in [2.24, 2.45) is 4.99 Å². The van der Waals surface area contributed by atoms with Crippen molar-refractivity contribution >= 4 is 82.3 Å². The molecule has 4 heteroatoms. The smallest absolute Gasteiger partial charge is 0.209 e. The summed E-state index contributed by atoms with van der Waals surface area (Å²) >= 11 is 0. The summed E-state index contributed by atoms with van der Waals surface area (Å²) in [5.74, 6) is 0.835. The molecule has 4 nitrogen and oxygen atoms in total. The highest BCUT2D eigenvalue weighted by atomic mass is 15.2. The van der Waals surface area contributed by atoms with E-state index in [9.17, 15) is 0 Å². The molecule has 0 radical (unpaired) electrons. The molecule has 1 aliphatic rings.